The first-order chi connectivity index (χ1) is 14.6. The Balaban J connectivity index is 3.51. The highest BCUT2D eigenvalue weighted by Crippen LogP contribution is 2.16. The lowest BCUT2D eigenvalue weighted by atomic mass is 9.98. The van der Waals surface area contributed by atoms with Gasteiger partial charge in [0, 0.05) is 0 Å². The second kappa shape index (κ2) is 22.1. The Labute approximate surface area is 185 Å². The number of allylic oxidation sites excluding steroid dienone is 2. The fraction of sp³-hybridized carbons (Fsp3) is 0.769. The van der Waals surface area contributed by atoms with Crippen molar-refractivity contribution >= 4 is 11.9 Å². The average molecular weight is 423 g/mol. The minimum Gasteiger partial charge on any atom is -0.481 e. The van der Waals surface area contributed by atoms with Crippen LogP contribution in [0, 0.1) is 5.92 Å². The predicted octanol–water partition coefficient (Wildman–Crippen LogP) is 7.62. The lowest BCUT2D eigenvalue weighted by molar-refractivity contribution is -0.151. The Hall–Kier alpha value is -1.58. The van der Waals surface area contributed by atoms with Gasteiger partial charge in [-0.25, -0.2) is 0 Å². The van der Waals surface area contributed by atoms with Crippen LogP contribution < -0.4 is 0 Å². The van der Waals surface area contributed by atoms with Crippen molar-refractivity contribution in [1.82, 2.24) is 0 Å². The van der Waals surface area contributed by atoms with Gasteiger partial charge < -0.3 is 9.84 Å². The quantitative estimate of drug-likeness (QED) is 0.111. The maximum atomic E-state index is 11.6. The number of ether oxygens (including phenoxy) is 1. The number of hydrogen-bond acceptors (Lipinski definition) is 3. The van der Waals surface area contributed by atoms with Crippen molar-refractivity contribution in [1.29, 1.82) is 0 Å². The lowest BCUT2D eigenvalue weighted by Crippen LogP contribution is -2.19. The standard InChI is InChI=1S/C26H46O4/c1-3-5-6-7-8-9-10-11-12-13-14-15-16-17-18-19-20-21-24(26(28)29)23-25(27)30-22-4-2/h4,16-17,24H,2-3,5-15,18-23H2,1H3,(H,28,29)/b17-16+. The Morgan fingerprint density at radius 3 is 1.83 bits per heavy atom. The van der Waals surface area contributed by atoms with Crippen LogP contribution in [0.15, 0.2) is 24.8 Å². The van der Waals surface area contributed by atoms with Crippen LogP contribution in [0.25, 0.3) is 0 Å². The van der Waals surface area contributed by atoms with Crippen molar-refractivity contribution in [3.05, 3.63) is 24.8 Å². The number of esters is 1. The van der Waals surface area contributed by atoms with E-state index in [1.54, 1.807) is 0 Å². The van der Waals surface area contributed by atoms with E-state index in [1.807, 2.05) is 0 Å². The third kappa shape index (κ3) is 19.7. The number of hydrogen-bond donors (Lipinski definition) is 1. The highest BCUT2D eigenvalue weighted by atomic mass is 16.5. The van der Waals surface area contributed by atoms with Gasteiger partial charge in [0.25, 0.3) is 0 Å². The average Bonchev–Trinajstić information content (AvgIpc) is 2.73. The van der Waals surface area contributed by atoms with Gasteiger partial charge in [-0.3, -0.25) is 9.59 Å². The molecule has 1 N–H and O–H groups in total. The van der Waals surface area contributed by atoms with Crippen LogP contribution in [0.4, 0.5) is 0 Å². The molecule has 0 aliphatic carbocycles. The summed E-state index contributed by atoms with van der Waals surface area (Å²) in [7, 11) is 0. The van der Waals surface area contributed by atoms with Crippen molar-refractivity contribution in [2.75, 3.05) is 6.61 Å². The Morgan fingerprint density at radius 1 is 0.833 bits per heavy atom. The molecule has 4 nitrogen and oxygen atoms in total. The molecule has 0 saturated heterocycles. The topological polar surface area (TPSA) is 63.6 Å². The van der Waals surface area contributed by atoms with Crippen LogP contribution in [0.2, 0.25) is 0 Å². The molecule has 0 saturated carbocycles. The molecule has 0 aliphatic heterocycles. The van der Waals surface area contributed by atoms with Crippen molar-refractivity contribution in [2.24, 2.45) is 5.92 Å². The fourth-order valence-electron chi connectivity index (χ4n) is 3.54. The molecule has 0 bridgehead atoms. The Kier molecular flexibility index (Phi) is 20.9. The first-order valence-corrected chi connectivity index (χ1v) is 12.3. The zero-order chi connectivity index (χ0) is 22.3. The summed E-state index contributed by atoms with van der Waals surface area (Å²) in [6, 6.07) is 0. The highest BCUT2D eigenvalue weighted by Gasteiger charge is 2.21. The van der Waals surface area contributed by atoms with E-state index in [2.05, 4.69) is 25.7 Å². The molecule has 0 aromatic carbocycles. The smallest absolute Gasteiger partial charge is 0.307 e. The monoisotopic (exact) mass is 422 g/mol. The molecule has 0 radical (unpaired) electrons. The summed E-state index contributed by atoms with van der Waals surface area (Å²) < 4.78 is 4.88. The summed E-state index contributed by atoms with van der Waals surface area (Å²) in [6.45, 7) is 5.87. The molecular formula is C26H46O4. The molecule has 4 heteroatoms. The zero-order valence-electron chi connectivity index (χ0n) is 19.4. The zero-order valence-corrected chi connectivity index (χ0v) is 19.4. The Bertz CT molecular complexity index is 456. The first kappa shape index (κ1) is 28.4. The molecular weight excluding hydrogens is 376 g/mol. The van der Waals surface area contributed by atoms with E-state index in [9.17, 15) is 14.7 Å². The molecule has 0 spiro atoms. The van der Waals surface area contributed by atoms with Crippen LogP contribution in [0.5, 0.6) is 0 Å². The predicted molar refractivity (Wildman–Crippen MR) is 126 cm³/mol. The molecule has 1 atom stereocenters. The van der Waals surface area contributed by atoms with Gasteiger partial charge in [0.1, 0.15) is 6.61 Å². The maximum absolute atomic E-state index is 11.6. The second-order valence-corrected chi connectivity index (χ2v) is 8.29. The lowest BCUT2D eigenvalue weighted by Gasteiger charge is -2.11. The Morgan fingerprint density at radius 2 is 1.33 bits per heavy atom. The molecule has 0 aromatic heterocycles. The molecule has 1 unspecified atom stereocenters. The molecule has 174 valence electrons. The van der Waals surface area contributed by atoms with E-state index in [0.717, 1.165) is 25.7 Å². The van der Waals surface area contributed by atoms with Crippen molar-refractivity contribution in [3.8, 4) is 0 Å². The summed E-state index contributed by atoms with van der Waals surface area (Å²) in [6.07, 6.45) is 25.4. The first-order valence-electron chi connectivity index (χ1n) is 12.3. The second-order valence-electron chi connectivity index (χ2n) is 8.29. The molecule has 0 fully saturated rings. The molecule has 30 heavy (non-hydrogen) atoms. The van der Waals surface area contributed by atoms with E-state index in [4.69, 9.17) is 4.74 Å². The fourth-order valence-corrected chi connectivity index (χ4v) is 3.54. The van der Waals surface area contributed by atoms with E-state index < -0.39 is 17.9 Å². The van der Waals surface area contributed by atoms with Crippen LogP contribution in [-0.2, 0) is 14.3 Å². The van der Waals surface area contributed by atoms with E-state index >= 15 is 0 Å². The van der Waals surface area contributed by atoms with Crippen molar-refractivity contribution < 1.29 is 19.4 Å². The molecule has 0 aliphatic rings. The summed E-state index contributed by atoms with van der Waals surface area (Å²) in [5, 5.41) is 9.24. The molecule has 0 rings (SSSR count). The minimum absolute atomic E-state index is 0.0577. The molecule has 0 heterocycles. The number of carbonyl (C=O) groups excluding carboxylic acids is 1. The van der Waals surface area contributed by atoms with E-state index in [-0.39, 0.29) is 13.0 Å². The molecule has 0 amide bonds. The third-order valence-corrected chi connectivity index (χ3v) is 5.44. The largest absolute Gasteiger partial charge is 0.481 e. The summed E-state index contributed by atoms with van der Waals surface area (Å²) in [5.41, 5.74) is 0. The molecule has 0 aromatic rings. The van der Waals surface area contributed by atoms with Crippen LogP contribution >= 0.6 is 0 Å². The normalized spacial score (nSPS) is 12.2. The highest BCUT2D eigenvalue weighted by molar-refractivity contribution is 5.78. The van der Waals surface area contributed by atoms with Gasteiger partial charge >= 0.3 is 11.9 Å². The number of rotatable bonds is 22. The third-order valence-electron chi connectivity index (χ3n) is 5.44. The summed E-state index contributed by atoms with van der Waals surface area (Å²) >= 11 is 0. The number of unbranched alkanes of at least 4 members (excludes halogenated alkanes) is 13. The van der Waals surface area contributed by atoms with Crippen molar-refractivity contribution in [3.63, 3.8) is 0 Å². The van der Waals surface area contributed by atoms with Gasteiger partial charge in [-0.2, -0.15) is 0 Å². The minimum atomic E-state index is -0.919. The van der Waals surface area contributed by atoms with Crippen LogP contribution in [0.3, 0.4) is 0 Å². The number of carboxylic acids is 1. The van der Waals surface area contributed by atoms with Gasteiger partial charge in [-0.1, -0.05) is 102 Å². The van der Waals surface area contributed by atoms with Crippen LogP contribution in [0.1, 0.15) is 116 Å². The van der Waals surface area contributed by atoms with E-state index in [0.29, 0.717) is 6.42 Å². The SMILES string of the molecule is C=CCOC(=O)CC(CCCC/C=C/CCCCCCCCCCCCC)C(=O)O. The van der Waals surface area contributed by atoms with Gasteiger partial charge in [0.2, 0.25) is 0 Å². The van der Waals surface area contributed by atoms with Gasteiger partial charge in [-0.05, 0) is 32.1 Å². The van der Waals surface area contributed by atoms with Gasteiger partial charge in [0.15, 0.2) is 0 Å². The maximum Gasteiger partial charge on any atom is 0.307 e. The number of aliphatic carboxylic acids is 1. The number of carbonyl (C=O) groups is 2. The number of carboxylic acid groups (broad SMARTS) is 1. The summed E-state index contributed by atoms with van der Waals surface area (Å²) in [4.78, 5) is 22.8. The van der Waals surface area contributed by atoms with Crippen LogP contribution in [-0.4, -0.2) is 23.7 Å². The summed E-state index contributed by atoms with van der Waals surface area (Å²) in [5.74, 6) is -2.03. The van der Waals surface area contributed by atoms with Gasteiger partial charge in [0.05, 0.1) is 12.3 Å². The van der Waals surface area contributed by atoms with Crippen molar-refractivity contribution in [2.45, 2.75) is 116 Å². The van der Waals surface area contributed by atoms with E-state index in [1.165, 1.54) is 76.7 Å². The van der Waals surface area contributed by atoms with Gasteiger partial charge in [-0.15, -0.1) is 0 Å².